The minimum atomic E-state index is -0.610. The monoisotopic (exact) mass is 319 g/mol. The molecule has 0 amide bonds. The Balaban J connectivity index is 2.02. The van der Waals surface area contributed by atoms with E-state index in [-0.39, 0.29) is 17.6 Å². The molecule has 24 heavy (non-hydrogen) atoms. The first-order valence-electron chi connectivity index (χ1n) is 7.83. The quantitative estimate of drug-likeness (QED) is 0.469. The van der Waals surface area contributed by atoms with Crippen molar-refractivity contribution in [3.8, 4) is 6.07 Å². The van der Waals surface area contributed by atoms with Gasteiger partial charge in [-0.1, -0.05) is 75.4 Å². The molecule has 2 aromatic carbocycles. The van der Waals surface area contributed by atoms with Crippen molar-refractivity contribution in [1.29, 1.82) is 5.26 Å². The van der Waals surface area contributed by atoms with Gasteiger partial charge in [0.1, 0.15) is 18.2 Å². The van der Waals surface area contributed by atoms with Crippen molar-refractivity contribution in [1.82, 2.24) is 0 Å². The first kappa shape index (κ1) is 17.5. The highest BCUT2D eigenvalue weighted by Gasteiger charge is 2.14. The standard InChI is InChI=1S/C21H21NO2/c1-21(2,3)19-11-9-17(10-12-19)15-24-20(23)18(14-22)13-16-7-5-4-6-8-16/h4-13H,15H2,1-3H3/b18-13+. The van der Waals surface area contributed by atoms with Crippen LogP contribution in [0.25, 0.3) is 6.08 Å². The first-order valence-corrected chi connectivity index (χ1v) is 7.83. The normalized spacial score (nSPS) is 11.7. The third-order valence-electron chi connectivity index (χ3n) is 3.64. The molecule has 0 saturated heterocycles. The van der Waals surface area contributed by atoms with Crippen LogP contribution in [0.4, 0.5) is 0 Å². The van der Waals surface area contributed by atoms with Crippen molar-refractivity contribution in [3.63, 3.8) is 0 Å². The van der Waals surface area contributed by atoms with Crippen LogP contribution in [0.2, 0.25) is 0 Å². The highest BCUT2D eigenvalue weighted by molar-refractivity contribution is 5.97. The van der Waals surface area contributed by atoms with Crippen molar-refractivity contribution in [2.24, 2.45) is 0 Å². The Labute approximate surface area is 143 Å². The fourth-order valence-corrected chi connectivity index (χ4v) is 2.18. The molecule has 0 aliphatic heterocycles. The largest absolute Gasteiger partial charge is 0.457 e. The number of esters is 1. The van der Waals surface area contributed by atoms with Gasteiger partial charge in [-0.3, -0.25) is 0 Å². The molecule has 3 nitrogen and oxygen atoms in total. The maximum atomic E-state index is 12.1. The van der Waals surface area contributed by atoms with Gasteiger partial charge >= 0.3 is 5.97 Å². The third-order valence-corrected chi connectivity index (χ3v) is 3.64. The van der Waals surface area contributed by atoms with Gasteiger partial charge in [0, 0.05) is 0 Å². The topological polar surface area (TPSA) is 50.1 Å². The number of hydrogen-bond donors (Lipinski definition) is 0. The van der Waals surface area contributed by atoms with E-state index in [1.54, 1.807) is 0 Å². The highest BCUT2D eigenvalue weighted by atomic mass is 16.5. The third kappa shape index (κ3) is 4.82. The van der Waals surface area contributed by atoms with E-state index in [9.17, 15) is 4.79 Å². The van der Waals surface area contributed by atoms with E-state index in [1.165, 1.54) is 11.6 Å². The Bertz CT molecular complexity index is 760. The number of carbonyl (C=O) groups is 1. The molecule has 0 aliphatic carbocycles. The van der Waals surface area contributed by atoms with E-state index in [0.29, 0.717) is 0 Å². The highest BCUT2D eigenvalue weighted by Crippen LogP contribution is 2.22. The summed E-state index contributed by atoms with van der Waals surface area (Å²) >= 11 is 0. The number of rotatable bonds is 4. The summed E-state index contributed by atoms with van der Waals surface area (Å²) in [5.41, 5.74) is 2.99. The van der Waals surface area contributed by atoms with Crippen LogP contribution in [0.3, 0.4) is 0 Å². The molecule has 0 N–H and O–H groups in total. The lowest BCUT2D eigenvalue weighted by molar-refractivity contribution is -0.139. The average molecular weight is 319 g/mol. The minimum Gasteiger partial charge on any atom is -0.457 e. The van der Waals surface area contributed by atoms with E-state index in [4.69, 9.17) is 10.00 Å². The van der Waals surface area contributed by atoms with Gasteiger partial charge in [0.15, 0.2) is 0 Å². The van der Waals surface area contributed by atoms with E-state index in [1.807, 2.05) is 60.7 Å². The second kappa shape index (κ2) is 7.61. The van der Waals surface area contributed by atoms with Crippen molar-refractivity contribution in [2.75, 3.05) is 0 Å². The van der Waals surface area contributed by atoms with Crippen LogP contribution in [0.5, 0.6) is 0 Å². The Kier molecular flexibility index (Phi) is 5.55. The molecule has 0 unspecified atom stereocenters. The number of nitrogens with zero attached hydrogens (tertiary/aromatic N) is 1. The van der Waals surface area contributed by atoms with Crippen LogP contribution < -0.4 is 0 Å². The Morgan fingerprint density at radius 2 is 1.71 bits per heavy atom. The molecule has 0 saturated carbocycles. The molecular formula is C21H21NO2. The average Bonchev–Trinajstić information content (AvgIpc) is 2.58. The van der Waals surface area contributed by atoms with E-state index >= 15 is 0 Å². The van der Waals surface area contributed by atoms with Crippen LogP contribution >= 0.6 is 0 Å². The summed E-state index contributed by atoms with van der Waals surface area (Å²) in [4.78, 5) is 12.1. The first-order chi connectivity index (χ1) is 11.4. The predicted octanol–water partition coefficient (Wildman–Crippen LogP) is 4.63. The summed E-state index contributed by atoms with van der Waals surface area (Å²) < 4.78 is 5.25. The Morgan fingerprint density at radius 1 is 1.08 bits per heavy atom. The summed E-state index contributed by atoms with van der Waals surface area (Å²) in [7, 11) is 0. The van der Waals surface area contributed by atoms with Gasteiger partial charge in [0.2, 0.25) is 0 Å². The van der Waals surface area contributed by atoms with Crippen molar-refractivity contribution < 1.29 is 9.53 Å². The van der Waals surface area contributed by atoms with Gasteiger partial charge < -0.3 is 4.74 Å². The molecule has 0 atom stereocenters. The van der Waals surface area contributed by atoms with Crippen LogP contribution in [0.15, 0.2) is 60.2 Å². The zero-order valence-corrected chi connectivity index (χ0v) is 14.2. The van der Waals surface area contributed by atoms with Crippen LogP contribution in [-0.4, -0.2) is 5.97 Å². The smallest absolute Gasteiger partial charge is 0.349 e. The van der Waals surface area contributed by atoms with Gasteiger partial charge in [-0.05, 0) is 28.2 Å². The second-order valence-corrected chi connectivity index (χ2v) is 6.60. The Hall–Kier alpha value is -2.86. The molecule has 0 spiro atoms. The van der Waals surface area contributed by atoms with Crippen LogP contribution in [-0.2, 0) is 21.6 Å². The maximum absolute atomic E-state index is 12.1. The molecule has 0 aliphatic rings. The lowest BCUT2D eigenvalue weighted by Crippen LogP contribution is -2.11. The molecule has 0 heterocycles. The zero-order valence-electron chi connectivity index (χ0n) is 14.2. The molecule has 3 heteroatoms. The van der Waals surface area contributed by atoms with Gasteiger partial charge in [-0.2, -0.15) is 5.26 Å². The number of hydrogen-bond acceptors (Lipinski definition) is 3. The molecule has 0 bridgehead atoms. The number of nitriles is 1. The van der Waals surface area contributed by atoms with E-state index in [0.717, 1.165) is 11.1 Å². The zero-order chi connectivity index (χ0) is 17.6. The van der Waals surface area contributed by atoms with E-state index in [2.05, 4.69) is 20.8 Å². The second-order valence-electron chi connectivity index (χ2n) is 6.60. The summed E-state index contributed by atoms with van der Waals surface area (Å²) in [5.74, 6) is -0.610. The van der Waals surface area contributed by atoms with Gasteiger partial charge in [0.05, 0.1) is 0 Å². The summed E-state index contributed by atoms with van der Waals surface area (Å²) in [6, 6.07) is 19.1. The number of ether oxygens (including phenoxy) is 1. The van der Waals surface area contributed by atoms with Gasteiger partial charge in [-0.15, -0.1) is 0 Å². The number of benzene rings is 2. The van der Waals surface area contributed by atoms with Crippen molar-refractivity contribution >= 4 is 12.0 Å². The number of carbonyl (C=O) groups excluding carboxylic acids is 1. The Morgan fingerprint density at radius 3 is 2.25 bits per heavy atom. The van der Waals surface area contributed by atoms with Crippen molar-refractivity contribution in [3.05, 3.63) is 76.9 Å². The summed E-state index contributed by atoms with van der Waals surface area (Å²) in [6.45, 7) is 6.60. The SMILES string of the molecule is CC(C)(C)c1ccc(COC(=O)/C(C#N)=C/c2ccccc2)cc1. The van der Waals surface area contributed by atoms with Gasteiger partial charge in [-0.25, -0.2) is 4.79 Å². The fraction of sp³-hybridized carbons (Fsp3) is 0.238. The molecule has 0 radical (unpaired) electrons. The predicted molar refractivity (Wildman–Crippen MR) is 95.0 cm³/mol. The lowest BCUT2D eigenvalue weighted by atomic mass is 9.87. The van der Waals surface area contributed by atoms with Crippen LogP contribution in [0.1, 0.15) is 37.5 Å². The maximum Gasteiger partial charge on any atom is 0.349 e. The molecular weight excluding hydrogens is 298 g/mol. The summed E-state index contributed by atoms with van der Waals surface area (Å²) in [5, 5.41) is 9.16. The minimum absolute atomic E-state index is 0.00693. The molecule has 0 fully saturated rings. The molecule has 2 rings (SSSR count). The van der Waals surface area contributed by atoms with Gasteiger partial charge in [0.25, 0.3) is 0 Å². The molecule has 122 valence electrons. The van der Waals surface area contributed by atoms with E-state index < -0.39 is 5.97 Å². The fourth-order valence-electron chi connectivity index (χ4n) is 2.18. The molecule has 2 aromatic rings. The lowest BCUT2D eigenvalue weighted by Gasteiger charge is -2.19. The van der Waals surface area contributed by atoms with Crippen LogP contribution in [0, 0.1) is 11.3 Å². The summed E-state index contributed by atoms with van der Waals surface area (Å²) in [6.07, 6.45) is 1.53. The molecule has 0 aromatic heterocycles. The van der Waals surface area contributed by atoms with Crippen molar-refractivity contribution in [2.45, 2.75) is 32.8 Å².